The summed E-state index contributed by atoms with van der Waals surface area (Å²) in [6.07, 6.45) is -3.97. The second-order valence-electron chi connectivity index (χ2n) is 7.36. The van der Waals surface area contributed by atoms with Gasteiger partial charge in [-0.25, -0.2) is 4.39 Å². The monoisotopic (exact) mass is 402 g/mol. The lowest BCUT2D eigenvalue weighted by Crippen LogP contribution is -2.06. The van der Waals surface area contributed by atoms with Gasteiger partial charge in [0.05, 0.1) is 12.2 Å². The van der Waals surface area contributed by atoms with Crippen molar-refractivity contribution in [3.8, 4) is 11.1 Å². The van der Waals surface area contributed by atoms with E-state index >= 15 is 0 Å². The van der Waals surface area contributed by atoms with E-state index in [-0.39, 0.29) is 18.3 Å². The molecule has 0 fully saturated rings. The zero-order chi connectivity index (χ0) is 21.2. The number of alkyl halides is 3. The third-order valence-corrected chi connectivity index (χ3v) is 5.02. The quantitative estimate of drug-likeness (QED) is 0.470. The Morgan fingerprint density at radius 1 is 0.862 bits per heavy atom. The van der Waals surface area contributed by atoms with Crippen molar-refractivity contribution >= 4 is 0 Å². The summed E-state index contributed by atoms with van der Waals surface area (Å²) in [6.45, 7) is 3.89. The molecule has 0 saturated carbocycles. The van der Waals surface area contributed by atoms with Gasteiger partial charge >= 0.3 is 6.18 Å². The highest BCUT2D eigenvalue weighted by Gasteiger charge is 2.30. The van der Waals surface area contributed by atoms with Crippen LogP contribution in [0.15, 0.2) is 60.7 Å². The molecule has 0 bridgehead atoms. The molecule has 152 valence electrons. The van der Waals surface area contributed by atoms with Gasteiger partial charge in [-0.1, -0.05) is 50.2 Å². The Labute approximate surface area is 167 Å². The molecular weight excluding hydrogens is 380 g/mol. The summed E-state index contributed by atoms with van der Waals surface area (Å²) >= 11 is 0. The van der Waals surface area contributed by atoms with E-state index in [4.69, 9.17) is 0 Å². The normalized spacial score (nSPS) is 11.9. The maximum Gasteiger partial charge on any atom is 0.416 e. The number of hydrogen-bond acceptors (Lipinski definition) is 1. The Bertz CT molecular complexity index is 972. The largest absolute Gasteiger partial charge is 0.416 e. The lowest BCUT2D eigenvalue weighted by molar-refractivity contribution is -0.137. The first kappa shape index (κ1) is 21.1. The first-order chi connectivity index (χ1) is 13.7. The summed E-state index contributed by atoms with van der Waals surface area (Å²) in [5.41, 5.74) is 4.28. The summed E-state index contributed by atoms with van der Waals surface area (Å²) in [6, 6.07) is 15.0. The first-order valence-electron chi connectivity index (χ1n) is 9.38. The van der Waals surface area contributed by atoms with Crippen LogP contribution in [-0.2, 0) is 19.2 Å². The van der Waals surface area contributed by atoms with Crippen molar-refractivity contribution in [2.24, 2.45) is 0 Å². The van der Waals surface area contributed by atoms with Crippen LogP contribution in [0, 0.1) is 5.82 Å². The van der Waals surface area contributed by atoms with Crippen LogP contribution in [0.1, 0.15) is 47.6 Å². The Kier molecular flexibility index (Phi) is 6.08. The second kappa shape index (κ2) is 8.37. The molecule has 0 unspecified atom stereocenters. The summed E-state index contributed by atoms with van der Waals surface area (Å²) in [5, 5.41) is 9.88. The Hall–Kier alpha value is -2.66. The highest BCUT2D eigenvalue weighted by atomic mass is 19.4. The highest BCUT2D eigenvalue weighted by molar-refractivity contribution is 5.73. The van der Waals surface area contributed by atoms with Crippen molar-refractivity contribution < 1.29 is 22.7 Å². The number of aliphatic hydroxyl groups is 1. The van der Waals surface area contributed by atoms with E-state index in [0.717, 1.165) is 39.9 Å². The van der Waals surface area contributed by atoms with Crippen LogP contribution in [0.2, 0.25) is 0 Å². The maximum absolute atomic E-state index is 13.4. The van der Waals surface area contributed by atoms with E-state index in [1.54, 1.807) is 12.1 Å². The lowest BCUT2D eigenvalue weighted by Gasteiger charge is -2.21. The van der Waals surface area contributed by atoms with E-state index in [2.05, 4.69) is 0 Å². The van der Waals surface area contributed by atoms with E-state index in [0.29, 0.717) is 12.0 Å². The topological polar surface area (TPSA) is 20.2 Å². The van der Waals surface area contributed by atoms with Crippen LogP contribution in [0.3, 0.4) is 0 Å². The van der Waals surface area contributed by atoms with E-state index in [1.807, 2.05) is 26.0 Å². The van der Waals surface area contributed by atoms with Crippen molar-refractivity contribution in [2.45, 2.75) is 39.0 Å². The Balaban J connectivity index is 2.13. The van der Waals surface area contributed by atoms with E-state index < -0.39 is 11.7 Å². The molecular formula is C24H22F4O. The first-order valence-corrected chi connectivity index (χ1v) is 9.38. The van der Waals surface area contributed by atoms with Crippen molar-refractivity contribution in [3.05, 3.63) is 94.3 Å². The van der Waals surface area contributed by atoms with Gasteiger partial charge in [-0.05, 0) is 70.0 Å². The van der Waals surface area contributed by atoms with Gasteiger partial charge in [0, 0.05) is 0 Å². The standard InChI is InChI=1S/C24H22F4O/c1-15(2)21-12-7-18(14-29)23(17-5-10-20(25)11-6-17)22(21)13-16-3-8-19(9-4-16)24(26,27)28/h3-12,15,29H,13-14H2,1-2H3. The van der Waals surface area contributed by atoms with E-state index in [1.165, 1.54) is 24.3 Å². The SMILES string of the molecule is CC(C)c1ccc(CO)c(-c2ccc(F)cc2)c1Cc1ccc(C(F)(F)F)cc1. The zero-order valence-corrected chi connectivity index (χ0v) is 16.2. The minimum Gasteiger partial charge on any atom is -0.392 e. The summed E-state index contributed by atoms with van der Waals surface area (Å²) in [5.74, 6) is -0.185. The number of rotatable bonds is 5. The number of benzene rings is 3. The molecule has 0 spiro atoms. The molecule has 0 amide bonds. The molecule has 0 aliphatic rings. The van der Waals surface area contributed by atoms with Gasteiger partial charge in [0.2, 0.25) is 0 Å². The number of aliphatic hydroxyl groups excluding tert-OH is 1. The van der Waals surface area contributed by atoms with Crippen LogP contribution < -0.4 is 0 Å². The van der Waals surface area contributed by atoms with Crippen LogP contribution in [0.25, 0.3) is 11.1 Å². The van der Waals surface area contributed by atoms with Crippen molar-refractivity contribution in [2.75, 3.05) is 0 Å². The fraction of sp³-hybridized carbons (Fsp3) is 0.250. The molecule has 3 aromatic carbocycles. The molecule has 0 saturated heterocycles. The Morgan fingerprint density at radius 2 is 1.48 bits per heavy atom. The molecule has 0 aliphatic heterocycles. The third-order valence-electron chi connectivity index (χ3n) is 5.02. The summed E-state index contributed by atoms with van der Waals surface area (Å²) in [4.78, 5) is 0. The van der Waals surface area contributed by atoms with Crippen molar-refractivity contribution in [1.82, 2.24) is 0 Å². The fourth-order valence-corrected chi connectivity index (χ4v) is 3.57. The molecule has 0 atom stereocenters. The van der Waals surface area contributed by atoms with Gasteiger partial charge < -0.3 is 5.11 Å². The molecule has 3 rings (SSSR count). The van der Waals surface area contributed by atoms with Gasteiger partial charge in [0.15, 0.2) is 0 Å². The fourth-order valence-electron chi connectivity index (χ4n) is 3.57. The number of hydrogen-bond donors (Lipinski definition) is 1. The molecule has 0 aromatic heterocycles. The molecule has 1 nitrogen and oxygen atoms in total. The molecule has 1 N–H and O–H groups in total. The summed E-state index contributed by atoms with van der Waals surface area (Å²) in [7, 11) is 0. The molecule has 0 aliphatic carbocycles. The van der Waals surface area contributed by atoms with Gasteiger partial charge in [-0.15, -0.1) is 0 Å². The second-order valence-corrected chi connectivity index (χ2v) is 7.36. The highest BCUT2D eigenvalue weighted by Crippen LogP contribution is 2.36. The minimum absolute atomic E-state index is 0.173. The minimum atomic E-state index is -4.38. The lowest BCUT2D eigenvalue weighted by atomic mass is 9.84. The van der Waals surface area contributed by atoms with Gasteiger partial charge in [0.1, 0.15) is 5.82 Å². The summed E-state index contributed by atoms with van der Waals surface area (Å²) < 4.78 is 52.1. The predicted molar refractivity (Wildman–Crippen MR) is 106 cm³/mol. The number of halogens is 4. The molecule has 29 heavy (non-hydrogen) atoms. The van der Waals surface area contributed by atoms with Gasteiger partial charge in [0.25, 0.3) is 0 Å². The zero-order valence-electron chi connectivity index (χ0n) is 16.2. The van der Waals surface area contributed by atoms with Gasteiger partial charge in [-0.2, -0.15) is 13.2 Å². The van der Waals surface area contributed by atoms with E-state index in [9.17, 15) is 22.7 Å². The van der Waals surface area contributed by atoms with Crippen molar-refractivity contribution in [3.63, 3.8) is 0 Å². The molecule has 5 heteroatoms. The van der Waals surface area contributed by atoms with Crippen LogP contribution in [0.5, 0.6) is 0 Å². The van der Waals surface area contributed by atoms with Crippen LogP contribution in [0.4, 0.5) is 17.6 Å². The molecule has 0 heterocycles. The van der Waals surface area contributed by atoms with Crippen LogP contribution >= 0.6 is 0 Å². The molecule has 3 aromatic rings. The van der Waals surface area contributed by atoms with Crippen LogP contribution in [-0.4, -0.2) is 5.11 Å². The maximum atomic E-state index is 13.4. The van der Waals surface area contributed by atoms with Gasteiger partial charge in [-0.3, -0.25) is 0 Å². The van der Waals surface area contributed by atoms with Crippen molar-refractivity contribution in [1.29, 1.82) is 0 Å². The predicted octanol–water partition coefficient (Wildman–Crippen LogP) is 6.72. The average Bonchev–Trinajstić information content (AvgIpc) is 2.68. The smallest absolute Gasteiger partial charge is 0.392 e. The molecule has 0 radical (unpaired) electrons. The Morgan fingerprint density at radius 3 is 2.00 bits per heavy atom. The third kappa shape index (κ3) is 4.67. The average molecular weight is 402 g/mol.